The predicted molar refractivity (Wildman–Crippen MR) is 107 cm³/mol. The molecule has 3 heterocycles. The molecule has 1 amide bonds. The minimum atomic E-state index is -0.515. The van der Waals surface area contributed by atoms with E-state index in [2.05, 4.69) is 19.9 Å². The van der Waals surface area contributed by atoms with Crippen molar-refractivity contribution in [3.05, 3.63) is 47.2 Å². The van der Waals surface area contributed by atoms with E-state index in [4.69, 9.17) is 9.47 Å². The highest BCUT2D eigenvalue weighted by Gasteiger charge is 2.23. The summed E-state index contributed by atoms with van der Waals surface area (Å²) in [5, 5.41) is 3.57. The minimum Gasteiger partial charge on any atom is -0.496 e. The maximum absolute atomic E-state index is 13.7. The van der Waals surface area contributed by atoms with Gasteiger partial charge in [-0.05, 0) is 50.5 Å². The van der Waals surface area contributed by atoms with Crippen LogP contribution in [0.5, 0.6) is 5.75 Å². The van der Waals surface area contributed by atoms with Gasteiger partial charge in [0, 0.05) is 12.3 Å². The second kappa shape index (κ2) is 7.79. The Kier molecular flexibility index (Phi) is 5.19. The first kappa shape index (κ1) is 19.3. The van der Waals surface area contributed by atoms with Crippen molar-refractivity contribution in [1.29, 1.82) is 0 Å². The largest absolute Gasteiger partial charge is 0.496 e. The monoisotopic (exact) mass is 398 g/mol. The summed E-state index contributed by atoms with van der Waals surface area (Å²) >= 11 is 0. The summed E-state index contributed by atoms with van der Waals surface area (Å²) in [4.78, 5) is 21.6. The number of nitrogens with zero attached hydrogens (tertiary/aromatic N) is 3. The van der Waals surface area contributed by atoms with Crippen molar-refractivity contribution in [1.82, 2.24) is 14.5 Å². The van der Waals surface area contributed by atoms with Gasteiger partial charge in [-0.3, -0.25) is 4.79 Å². The van der Waals surface area contributed by atoms with Crippen LogP contribution >= 0.6 is 0 Å². The first-order valence-corrected chi connectivity index (χ1v) is 9.56. The molecule has 0 radical (unpaired) electrons. The smallest absolute Gasteiger partial charge is 0.260 e. The fraction of sp³-hybridized carbons (Fsp3) is 0.381. The van der Waals surface area contributed by atoms with Gasteiger partial charge in [0.25, 0.3) is 5.91 Å². The maximum atomic E-state index is 13.7. The second-order valence-electron chi connectivity index (χ2n) is 7.18. The molecular formula is C21H23FN4O3. The van der Waals surface area contributed by atoms with Gasteiger partial charge in [-0.1, -0.05) is 0 Å². The predicted octanol–water partition coefficient (Wildman–Crippen LogP) is 3.63. The summed E-state index contributed by atoms with van der Waals surface area (Å²) < 4.78 is 26.8. The van der Waals surface area contributed by atoms with E-state index in [1.807, 2.05) is 13.8 Å². The van der Waals surface area contributed by atoms with E-state index >= 15 is 0 Å². The number of carbonyl (C=O) groups excluding carboxylic acids is 1. The number of amides is 1. The molecule has 1 aliphatic rings. The lowest BCUT2D eigenvalue weighted by Gasteiger charge is -2.13. The van der Waals surface area contributed by atoms with Crippen molar-refractivity contribution in [2.24, 2.45) is 0 Å². The molecule has 0 aliphatic carbocycles. The molecular weight excluding hydrogens is 375 g/mol. The van der Waals surface area contributed by atoms with Crippen molar-refractivity contribution in [3.63, 3.8) is 0 Å². The van der Waals surface area contributed by atoms with Crippen LogP contribution in [0.2, 0.25) is 0 Å². The van der Waals surface area contributed by atoms with Crippen molar-refractivity contribution in [3.8, 4) is 5.75 Å². The van der Waals surface area contributed by atoms with E-state index in [9.17, 15) is 9.18 Å². The number of hydrogen-bond donors (Lipinski definition) is 1. The van der Waals surface area contributed by atoms with E-state index in [1.54, 1.807) is 0 Å². The zero-order valence-corrected chi connectivity index (χ0v) is 16.7. The maximum Gasteiger partial charge on any atom is 0.260 e. The quantitative estimate of drug-likeness (QED) is 0.710. The molecule has 0 spiro atoms. The number of aromatic nitrogens is 3. The Hall–Kier alpha value is -3.00. The van der Waals surface area contributed by atoms with Gasteiger partial charge in [-0.15, -0.1) is 0 Å². The molecule has 1 saturated heterocycles. The molecule has 1 unspecified atom stereocenters. The van der Waals surface area contributed by atoms with Gasteiger partial charge >= 0.3 is 0 Å². The van der Waals surface area contributed by atoms with Gasteiger partial charge in [0.05, 0.1) is 30.7 Å². The molecule has 152 valence electrons. The van der Waals surface area contributed by atoms with Crippen LogP contribution in [-0.4, -0.2) is 40.3 Å². The number of halogens is 1. The van der Waals surface area contributed by atoms with E-state index < -0.39 is 11.7 Å². The number of anilines is 1. The van der Waals surface area contributed by atoms with Crippen LogP contribution in [0, 0.1) is 19.7 Å². The molecule has 0 bridgehead atoms. The SMILES string of the molecule is COc1ccc(F)cc1C(=O)Nc1ncnc2c1c(C)c(C)n2CC1CCCO1. The van der Waals surface area contributed by atoms with Crippen molar-refractivity contribution in [2.45, 2.75) is 39.3 Å². The Balaban J connectivity index is 1.71. The topological polar surface area (TPSA) is 78.3 Å². The fourth-order valence-corrected chi connectivity index (χ4v) is 3.81. The third-order valence-electron chi connectivity index (χ3n) is 5.45. The van der Waals surface area contributed by atoms with Gasteiger partial charge in [0.2, 0.25) is 0 Å². The molecule has 8 heteroatoms. The van der Waals surface area contributed by atoms with Crippen molar-refractivity contribution < 1.29 is 18.7 Å². The highest BCUT2D eigenvalue weighted by Crippen LogP contribution is 2.31. The Bertz CT molecular complexity index is 1070. The average molecular weight is 398 g/mol. The summed E-state index contributed by atoms with van der Waals surface area (Å²) in [6.07, 6.45) is 3.67. The van der Waals surface area contributed by atoms with Crippen LogP contribution in [0.4, 0.5) is 10.2 Å². The molecule has 1 fully saturated rings. The van der Waals surface area contributed by atoms with Crippen LogP contribution in [0.15, 0.2) is 24.5 Å². The first-order chi connectivity index (χ1) is 14.0. The van der Waals surface area contributed by atoms with Crippen molar-refractivity contribution in [2.75, 3.05) is 19.0 Å². The zero-order chi connectivity index (χ0) is 20.5. The Labute approximate surface area is 167 Å². The number of fused-ring (bicyclic) bond motifs is 1. The first-order valence-electron chi connectivity index (χ1n) is 9.56. The molecule has 1 N–H and O–H groups in total. The summed E-state index contributed by atoms with van der Waals surface area (Å²) in [5.41, 5.74) is 2.88. The number of carbonyl (C=O) groups is 1. The fourth-order valence-electron chi connectivity index (χ4n) is 3.81. The number of nitrogens with one attached hydrogen (secondary N) is 1. The van der Waals surface area contributed by atoms with Gasteiger partial charge < -0.3 is 19.4 Å². The van der Waals surface area contributed by atoms with Crippen LogP contribution in [0.25, 0.3) is 11.0 Å². The normalized spacial score (nSPS) is 16.3. The van der Waals surface area contributed by atoms with Crippen molar-refractivity contribution >= 4 is 22.8 Å². The van der Waals surface area contributed by atoms with E-state index in [1.165, 1.54) is 25.6 Å². The number of methoxy groups -OCH3 is 1. The van der Waals surface area contributed by atoms with E-state index in [-0.39, 0.29) is 17.4 Å². The van der Waals surface area contributed by atoms with Crippen LogP contribution in [-0.2, 0) is 11.3 Å². The molecule has 2 aromatic heterocycles. The Morgan fingerprint density at radius 2 is 2.21 bits per heavy atom. The lowest BCUT2D eigenvalue weighted by atomic mass is 10.1. The molecule has 7 nitrogen and oxygen atoms in total. The molecule has 3 aromatic rings. The Morgan fingerprint density at radius 1 is 1.38 bits per heavy atom. The number of benzene rings is 1. The minimum absolute atomic E-state index is 0.104. The highest BCUT2D eigenvalue weighted by atomic mass is 19.1. The lowest BCUT2D eigenvalue weighted by molar-refractivity contribution is 0.0974. The standard InChI is InChI=1S/C21H23FN4O3/c1-12-13(2)26(10-15-5-4-8-29-15)20-18(12)19(23-11-24-20)25-21(27)16-9-14(22)6-7-17(16)28-3/h6-7,9,11,15H,4-5,8,10H2,1-3H3,(H,23,24,25,27). The van der Waals surface area contributed by atoms with Gasteiger partial charge in [-0.25, -0.2) is 14.4 Å². The highest BCUT2D eigenvalue weighted by molar-refractivity contribution is 6.09. The number of aryl methyl sites for hydroxylation is 1. The van der Waals surface area contributed by atoms with Crippen LogP contribution in [0.3, 0.4) is 0 Å². The molecule has 4 rings (SSSR count). The van der Waals surface area contributed by atoms with E-state index in [0.29, 0.717) is 12.4 Å². The third kappa shape index (κ3) is 3.55. The molecule has 0 saturated carbocycles. The van der Waals surface area contributed by atoms with Gasteiger partial charge in [0.15, 0.2) is 0 Å². The Morgan fingerprint density at radius 3 is 2.93 bits per heavy atom. The molecule has 1 aromatic carbocycles. The zero-order valence-electron chi connectivity index (χ0n) is 16.7. The summed E-state index contributed by atoms with van der Waals surface area (Å²) in [7, 11) is 1.44. The molecule has 1 aliphatic heterocycles. The average Bonchev–Trinajstić information content (AvgIpc) is 3.31. The third-order valence-corrected chi connectivity index (χ3v) is 5.45. The number of hydrogen-bond acceptors (Lipinski definition) is 5. The number of rotatable bonds is 5. The number of ether oxygens (including phenoxy) is 2. The molecule has 29 heavy (non-hydrogen) atoms. The molecule has 1 atom stereocenters. The second-order valence-corrected chi connectivity index (χ2v) is 7.18. The lowest BCUT2D eigenvalue weighted by Crippen LogP contribution is -2.17. The van der Waals surface area contributed by atoms with Crippen LogP contribution in [0.1, 0.15) is 34.5 Å². The summed E-state index contributed by atoms with van der Waals surface area (Å²) in [6.45, 7) is 5.49. The van der Waals surface area contributed by atoms with Gasteiger partial charge in [-0.2, -0.15) is 0 Å². The summed E-state index contributed by atoms with van der Waals surface area (Å²) in [5.74, 6) is -0.333. The van der Waals surface area contributed by atoms with Crippen LogP contribution < -0.4 is 10.1 Å². The van der Waals surface area contributed by atoms with E-state index in [0.717, 1.165) is 47.8 Å². The van der Waals surface area contributed by atoms with Gasteiger partial charge in [0.1, 0.15) is 29.4 Å². The summed E-state index contributed by atoms with van der Waals surface area (Å²) in [6, 6.07) is 3.82.